The zero-order valence-electron chi connectivity index (χ0n) is 21.0. The van der Waals surface area contributed by atoms with Gasteiger partial charge in [-0.25, -0.2) is 14.4 Å². The molecule has 0 saturated heterocycles. The van der Waals surface area contributed by atoms with Crippen molar-refractivity contribution < 1.29 is 28.6 Å². The van der Waals surface area contributed by atoms with E-state index in [2.05, 4.69) is 16.0 Å². The van der Waals surface area contributed by atoms with Crippen LogP contribution in [0, 0.1) is 5.92 Å². The fourth-order valence-electron chi connectivity index (χ4n) is 2.99. The normalized spacial score (nSPS) is 11.4. The van der Waals surface area contributed by atoms with Crippen LogP contribution in [0.25, 0.3) is 0 Å². The summed E-state index contributed by atoms with van der Waals surface area (Å²) in [4.78, 5) is 35.1. The second-order valence-corrected chi connectivity index (χ2v) is 8.21. The highest BCUT2D eigenvalue weighted by Crippen LogP contribution is 2.14. The maximum absolute atomic E-state index is 11.9. The Morgan fingerprint density at radius 1 is 0.576 bits per heavy atom. The minimum atomic E-state index is -0.387. The van der Waals surface area contributed by atoms with Crippen molar-refractivity contribution in [2.75, 3.05) is 39.5 Å². The van der Waals surface area contributed by atoms with E-state index in [1.165, 1.54) is 0 Å². The lowest BCUT2D eigenvalue weighted by molar-refractivity contribution is 0.141. The fraction of sp³-hybridized carbons (Fsp3) is 0.875. The lowest BCUT2D eigenvalue weighted by Gasteiger charge is -2.18. The molecule has 1 unspecified atom stereocenters. The van der Waals surface area contributed by atoms with Crippen molar-refractivity contribution in [2.24, 2.45) is 5.92 Å². The Kier molecular flexibility index (Phi) is 21.5. The van der Waals surface area contributed by atoms with Crippen LogP contribution in [0.1, 0.15) is 91.4 Å². The van der Waals surface area contributed by atoms with Gasteiger partial charge in [-0.1, -0.05) is 46.5 Å². The molecule has 0 heterocycles. The van der Waals surface area contributed by atoms with Crippen molar-refractivity contribution in [3.05, 3.63) is 0 Å². The number of alkyl carbamates (subject to hydrolysis) is 3. The first-order valence-electron chi connectivity index (χ1n) is 12.7. The van der Waals surface area contributed by atoms with E-state index >= 15 is 0 Å². The first kappa shape index (κ1) is 30.8. The zero-order valence-corrected chi connectivity index (χ0v) is 21.0. The molecule has 0 aliphatic heterocycles. The van der Waals surface area contributed by atoms with E-state index in [0.29, 0.717) is 39.5 Å². The molecule has 0 spiro atoms. The molecule has 0 bridgehead atoms. The lowest BCUT2D eigenvalue weighted by atomic mass is 9.96. The molecule has 0 aromatic heterocycles. The summed E-state index contributed by atoms with van der Waals surface area (Å²) in [5, 5.41) is 8.39. The number of carbonyl (C=O) groups is 3. The largest absolute Gasteiger partial charge is 0.450 e. The second kappa shape index (κ2) is 23.0. The van der Waals surface area contributed by atoms with Crippen LogP contribution in [-0.2, 0) is 14.2 Å². The van der Waals surface area contributed by atoms with E-state index in [1.807, 2.05) is 20.8 Å². The van der Waals surface area contributed by atoms with E-state index in [4.69, 9.17) is 14.2 Å². The van der Waals surface area contributed by atoms with Crippen LogP contribution in [0.2, 0.25) is 0 Å². The van der Waals surface area contributed by atoms with E-state index in [1.54, 1.807) is 0 Å². The molecule has 3 N–H and O–H groups in total. The molecule has 0 radical (unpaired) electrons. The van der Waals surface area contributed by atoms with Gasteiger partial charge < -0.3 is 30.2 Å². The Labute approximate surface area is 200 Å². The number of hydrogen-bond acceptors (Lipinski definition) is 6. The van der Waals surface area contributed by atoms with Gasteiger partial charge in [0.1, 0.15) is 0 Å². The molecule has 0 aliphatic carbocycles. The van der Waals surface area contributed by atoms with Crippen LogP contribution in [0.5, 0.6) is 0 Å². The van der Waals surface area contributed by atoms with Crippen LogP contribution < -0.4 is 16.0 Å². The Morgan fingerprint density at radius 2 is 1.00 bits per heavy atom. The molecule has 0 fully saturated rings. The number of rotatable bonds is 20. The Morgan fingerprint density at radius 3 is 1.48 bits per heavy atom. The first-order valence-corrected chi connectivity index (χ1v) is 12.7. The monoisotopic (exact) mass is 473 g/mol. The van der Waals surface area contributed by atoms with Gasteiger partial charge >= 0.3 is 18.3 Å². The van der Waals surface area contributed by atoms with Crippen molar-refractivity contribution in [3.63, 3.8) is 0 Å². The summed E-state index contributed by atoms with van der Waals surface area (Å²) in [6.07, 6.45) is 8.71. The second-order valence-electron chi connectivity index (χ2n) is 8.21. The average molecular weight is 474 g/mol. The molecule has 33 heavy (non-hydrogen) atoms. The highest BCUT2D eigenvalue weighted by Gasteiger charge is 2.12. The van der Waals surface area contributed by atoms with Gasteiger partial charge in [0.25, 0.3) is 0 Å². The number of ether oxygens (including phenoxy) is 3. The molecule has 0 aromatic rings. The van der Waals surface area contributed by atoms with Crippen LogP contribution in [0.4, 0.5) is 14.4 Å². The predicted octanol–water partition coefficient (Wildman–Crippen LogP) is 5.13. The number of hydrogen-bond donors (Lipinski definition) is 3. The van der Waals surface area contributed by atoms with Crippen LogP contribution in [-0.4, -0.2) is 57.7 Å². The predicted molar refractivity (Wildman–Crippen MR) is 129 cm³/mol. The Balaban J connectivity index is 4.19. The highest BCUT2D eigenvalue weighted by atomic mass is 16.6. The molecule has 9 nitrogen and oxygen atoms in total. The molecule has 9 heteroatoms. The summed E-state index contributed by atoms with van der Waals surface area (Å²) < 4.78 is 15.3. The lowest BCUT2D eigenvalue weighted by Crippen LogP contribution is -2.31. The first-order chi connectivity index (χ1) is 16.0. The van der Waals surface area contributed by atoms with Crippen LogP contribution in [0.3, 0.4) is 0 Å². The minimum Gasteiger partial charge on any atom is -0.450 e. The summed E-state index contributed by atoms with van der Waals surface area (Å²) in [5.41, 5.74) is 0. The summed E-state index contributed by atoms with van der Waals surface area (Å²) in [5.74, 6) is 0.262. The summed E-state index contributed by atoms with van der Waals surface area (Å²) in [7, 11) is 0. The SMILES string of the molecule is CCCCOC(=O)NCCCCC(CCCNC(=O)OCCCC)CNC(=O)OCCCC. The topological polar surface area (TPSA) is 115 Å². The van der Waals surface area contributed by atoms with Gasteiger partial charge in [0.2, 0.25) is 0 Å². The zero-order chi connectivity index (χ0) is 24.6. The van der Waals surface area contributed by atoms with Crippen LogP contribution >= 0.6 is 0 Å². The Hall–Kier alpha value is -2.19. The maximum atomic E-state index is 11.9. The van der Waals surface area contributed by atoms with E-state index in [0.717, 1.165) is 70.6 Å². The van der Waals surface area contributed by atoms with Crippen LogP contribution in [0.15, 0.2) is 0 Å². The smallest absolute Gasteiger partial charge is 0.407 e. The quantitative estimate of drug-likeness (QED) is 0.167. The van der Waals surface area contributed by atoms with E-state index in [9.17, 15) is 14.4 Å². The fourth-order valence-corrected chi connectivity index (χ4v) is 2.99. The third-order valence-electron chi connectivity index (χ3n) is 5.10. The molecule has 0 saturated carbocycles. The summed E-state index contributed by atoms with van der Waals surface area (Å²) in [6.45, 7) is 9.08. The van der Waals surface area contributed by atoms with Gasteiger partial charge in [0.05, 0.1) is 19.8 Å². The average Bonchev–Trinajstić information content (AvgIpc) is 2.80. The number of carbonyl (C=O) groups excluding carboxylic acids is 3. The van der Waals surface area contributed by atoms with Crippen molar-refractivity contribution >= 4 is 18.3 Å². The van der Waals surface area contributed by atoms with E-state index < -0.39 is 0 Å². The molecule has 0 rings (SSSR count). The molecule has 1 atom stereocenters. The molecule has 3 amide bonds. The molecular formula is C24H47N3O6. The minimum absolute atomic E-state index is 0.262. The number of amides is 3. The molecular weight excluding hydrogens is 426 g/mol. The number of unbranched alkanes of at least 4 members (excludes halogenated alkanes) is 4. The third-order valence-corrected chi connectivity index (χ3v) is 5.10. The number of nitrogens with one attached hydrogen (secondary N) is 3. The molecule has 194 valence electrons. The van der Waals surface area contributed by atoms with Gasteiger partial charge in [-0.05, 0) is 50.9 Å². The van der Waals surface area contributed by atoms with Gasteiger partial charge in [0.15, 0.2) is 0 Å². The van der Waals surface area contributed by atoms with Gasteiger partial charge in [-0.3, -0.25) is 0 Å². The maximum Gasteiger partial charge on any atom is 0.407 e. The van der Waals surface area contributed by atoms with Crippen molar-refractivity contribution in [2.45, 2.75) is 91.4 Å². The molecule has 0 aromatic carbocycles. The van der Waals surface area contributed by atoms with Gasteiger partial charge in [-0.15, -0.1) is 0 Å². The Bertz CT molecular complexity index is 505. The molecule has 0 aliphatic rings. The summed E-state index contributed by atoms with van der Waals surface area (Å²) >= 11 is 0. The standard InChI is InChI=1S/C24H47N3O6/c1-4-7-17-31-22(28)25-15-11-10-13-21(20-27-24(30)33-19-9-6-3)14-12-16-26-23(29)32-18-8-5-2/h21H,4-20H2,1-3H3,(H,25,28)(H,26,29)(H,27,30). The highest BCUT2D eigenvalue weighted by molar-refractivity contribution is 5.67. The van der Waals surface area contributed by atoms with Gasteiger partial charge in [-0.2, -0.15) is 0 Å². The van der Waals surface area contributed by atoms with Crippen molar-refractivity contribution in [1.29, 1.82) is 0 Å². The van der Waals surface area contributed by atoms with E-state index in [-0.39, 0.29) is 24.2 Å². The van der Waals surface area contributed by atoms with Crippen molar-refractivity contribution in [1.82, 2.24) is 16.0 Å². The van der Waals surface area contributed by atoms with Gasteiger partial charge in [0, 0.05) is 19.6 Å². The van der Waals surface area contributed by atoms with Crippen molar-refractivity contribution in [3.8, 4) is 0 Å². The third kappa shape index (κ3) is 21.4. The summed E-state index contributed by atoms with van der Waals surface area (Å²) in [6, 6.07) is 0.